The molecule has 0 saturated carbocycles. The first-order valence-electron chi connectivity index (χ1n) is 9.26. The second-order valence-corrected chi connectivity index (χ2v) is 7.22. The number of nitrogens with one attached hydrogen (secondary N) is 2. The van der Waals surface area contributed by atoms with Crippen molar-refractivity contribution < 1.29 is 14.3 Å². The first kappa shape index (κ1) is 21.2. The minimum absolute atomic E-state index is 0.131. The molecule has 2 amide bonds. The van der Waals surface area contributed by atoms with E-state index in [9.17, 15) is 9.59 Å². The van der Waals surface area contributed by atoms with Gasteiger partial charge in [-0.1, -0.05) is 30.3 Å². The van der Waals surface area contributed by atoms with Crippen LogP contribution in [0, 0.1) is 0 Å². The van der Waals surface area contributed by atoms with Crippen LogP contribution in [0.4, 0.5) is 5.69 Å². The number of carbonyl (C=O) groups is 2. The standard InChI is InChI=1S/C24H22N2O3S/c1-29-20-10-6-7-17(15-20)16-22(26-23(27)18-8-4-3-5-9-18)24(28)25-19-11-13-21(30-2)14-12-19/h3-16H,1-2H3,(H,25,28)(H,26,27)/b22-16-. The van der Waals surface area contributed by atoms with Gasteiger partial charge >= 0.3 is 0 Å². The second-order valence-electron chi connectivity index (χ2n) is 6.34. The van der Waals surface area contributed by atoms with Crippen LogP contribution in [-0.4, -0.2) is 25.2 Å². The highest BCUT2D eigenvalue weighted by atomic mass is 32.2. The molecule has 6 heteroatoms. The molecule has 152 valence electrons. The number of hydrogen-bond donors (Lipinski definition) is 2. The number of methoxy groups -OCH3 is 1. The van der Waals surface area contributed by atoms with E-state index in [1.54, 1.807) is 55.3 Å². The van der Waals surface area contributed by atoms with Crippen molar-refractivity contribution in [2.75, 3.05) is 18.7 Å². The van der Waals surface area contributed by atoms with Crippen molar-refractivity contribution in [3.63, 3.8) is 0 Å². The van der Waals surface area contributed by atoms with Gasteiger partial charge in [-0.05, 0) is 66.4 Å². The Kier molecular flexibility index (Phi) is 7.29. The third kappa shape index (κ3) is 5.75. The monoisotopic (exact) mass is 418 g/mol. The zero-order valence-corrected chi connectivity index (χ0v) is 17.5. The van der Waals surface area contributed by atoms with Gasteiger partial charge < -0.3 is 15.4 Å². The lowest BCUT2D eigenvalue weighted by Crippen LogP contribution is -2.30. The Hall–Kier alpha value is -3.51. The van der Waals surface area contributed by atoms with E-state index in [4.69, 9.17) is 4.74 Å². The predicted molar refractivity (Wildman–Crippen MR) is 122 cm³/mol. The zero-order valence-electron chi connectivity index (χ0n) is 16.7. The van der Waals surface area contributed by atoms with E-state index >= 15 is 0 Å². The molecule has 0 bridgehead atoms. The number of benzene rings is 3. The molecule has 0 atom stereocenters. The molecule has 0 unspecified atom stereocenters. The molecule has 2 N–H and O–H groups in total. The Bertz CT molecular complexity index is 1050. The molecule has 3 rings (SSSR count). The number of rotatable bonds is 7. The van der Waals surface area contributed by atoms with Gasteiger partial charge in [0.2, 0.25) is 0 Å². The van der Waals surface area contributed by atoms with Gasteiger partial charge in [-0.25, -0.2) is 0 Å². The highest BCUT2D eigenvalue weighted by Gasteiger charge is 2.15. The maximum absolute atomic E-state index is 13.0. The molecule has 0 saturated heterocycles. The van der Waals surface area contributed by atoms with E-state index in [1.165, 1.54) is 0 Å². The molecule has 0 heterocycles. The Balaban J connectivity index is 1.87. The van der Waals surface area contributed by atoms with Crippen LogP contribution in [0.2, 0.25) is 0 Å². The number of ether oxygens (including phenoxy) is 1. The van der Waals surface area contributed by atoms with Gasteiger partial charge in [0.15, 0.2) is 0 Å². The molecule has 0 aromatic heterocycles. The van der Waals surface area contributed by atoms with Gasteiger partial charge in [0.05, 0.1) is 7.11 Å². The SMILES string of the molecule is COc1cccc(/C=C(\NC(=O)c2ccccc2)C(=O)Nc2ccc(SC)cc2)c1. The summed E-state index contributed by atoms with van der Waals surface area (Å²) in [6.45, 7) is 0. The van der Waals surface area contributed by atoms with Crippen LogP contribution in [0.5, 0.6) is 5.75 Å². The highest BCUT2D eigenvalue weighted by molar-refractivity contribution is 7.98. The fourth-order valence-electron chi connectivity index (χ4n) is 2.71. The molecular weight excluding hydrogens is 396 g/mol. The average Bonchev–Trinajstić information content (AvgIpc) is 2.79. The maximum atomic E-state index is 13.0. The van der Waals surface area contributed by atoms with Crippen LogP contribution in [0.3, 0.4) is 0 Å². The summed E-state index contributed by atoms with van der Waals surface area (Å²) in [7, 11) is 1.58. The van der Waals surface area contributed by atoms with E-state index in [-0.39, 0.29) is 11.6 Å². The van der Waals surface area contributed by atoms with Crippen molar-refractivity contribution in [1.29, 1.82) is 0 Å². The molecule has 0 radical (unpaired) electrons. The first-order chi connectivity index (χ1) is 14.6. The number of anilines is 1. The molecular formula is C24H22N2O3S. The Morgan fingerprint density at radius 3 is 2.33 bits per heavy atom. The second kappa shape index (κ2) is 10.3. The van der Waals surface area contributed by atoms with E-state index in [0.29, 0.717) is 17.0 Å². The van der Waals surface area contributed by atoms with E-state index in [0.717, 1.165) is 10.5 Å². The zero-order chi connectivity index (χ0) is 21.3. The molecule has 0 fully saturated rings. The molecule has 30 heavy (non-hydrogen) atoms. The Morgan fingerprint density at radius 1 is 0.933 bits per heavy atom. The quantitative estimate of drug-likeness (QED) is 0.426. The fraction of sp³-hybridized carbons (Fsp3) is 0.0833. The molecule has 3 aromatic rings. The highest BCUT2D eigenvalue weighted by Crippen LogP contribution is 2.19. The van der Waals surface area contributed by atoms with E-state index in [1.807, 2.05) is 54.8 Å². The summed E-state index contributed by atoms with van der Waals surface area (Å²) in [6, 6.07) is 23.5. The van der Waals surface area contributed by atoms with Crippen LogP contribution in [-0.2, 0) is 4.79 Å². The molecule has 0 aliphatic rings. The number of amides is 2. The van der Waals surface area contributed by atoms with Gasteiger partial charge in [0, 0.05) is 16.1 Å². The van der Waals surface area contributed by atoms with Gasteiger partial charge in [-0.2, -0.15) is 0 Å². The van der Waals surface area contributed by atoms with Crippen molar-refractivity contribution in [3.8, 4) is 5.75 Å². The van der Waals surface area contributed by atoms with Gasteiger partial charge in [0.25, 0.3) is 11.8 Å². The predicted octanol–water partition coefficient (Wildman–Crippen LogP) is 4.83. The summed E-state index contributed by atoms with van der Waals surface area (Å²) in [6.07, 6.45) is 3.61. The fourth-order valence-corrected chi connectivity index (χ4v) is 3.12. The molecule has 5 nitrogen and oxygen atoms in total. The van der Waals surface area contributed by atoms with Crippen molar-refractivity contribution in [2.45, 2.75) is 4.90 Å². The summed E-state index contributed by atoms with van der Waals surface area (Å²) in [5.74, 6) is -0.123. The topological polar surface area (TPSA) is 67.4 Å². The maximum Gasteiger partial charge on any atom is 0.272 e. The summed E-state index contributed by atoms with van der Waals surface area (Å²) < 4.78 is 5.25. The average molecular weight is 419 g/mol. The van der Waals surface area contributed by atoms with Crippen LogP contribution >= 0.6 is 11.8 Å². The molecule has 3 aromatic carbocycles. The van der Waals surface area contributed by atoms with Crippen LogP contribution in [0.25, 0.3) is 6.08 Å². The summed E-state index contributed by atoms with van der Waals surface area (Å²) in [5, 5.41) is 5.56. The third-order valence-corrected chi connectivity index (χ3v) is 5.03. The number of hydrogen-bond acceptors (Lipinski definition) is 4. The summed E-state index contributed by atoms with van der Waals surface area (Å²) in [5.41, 5.74) is 1.96. The lowest BCUT2D eigenvalue weighted by atomic mass is 10.1. The normalized spacial score (nSPS) is 10.9. The molecule has 0 spiro atoms. The third-order valence-electron chi connectivity index (χ3n) is 4.28. The smallest absolute Gasteiger partial charge is 0.272 e. The minimum Gasteiger partial charge on any atom is -0.497 e. The Labute approximate surface area is 180 Å². The lowest BCUT2D eigenvalue weighted by molar-refractivity contribution is -0.113. The van der Waals surface area contributed by atoms with Crippen molar-refractivity contribution in [1.82, 2.24) is 5.32 Å². The van der Waals surface area contributed by atoms with Crippen molar-refractivity contribution >= 4 is 35.3 Å². The summed E-state index contributed by atoms with van der Waals surface area (Å²) >= 11 is 1.62. The summed E-state index contributed by atoms with van der Waals surface area (Å²) in [4.78, 5) is 26.7. The molecule has 0 aliphatic carbocycles. The minimum atomic E-state index is -0.418. The van der Waals surface area contributed by atoms with Crippen molar-refractivity contribution in [2.24, 2.45) is 0 Å². The number of carbonyl (C=O) groups excluding carboxylic acids is 2. The van der Waals surface area contributed by atoms with Gasteiger partial charge in [-0.3, -0.25) is 9.59 Å². The lowest BCUT2D eigenvalue weighted by Gasteiger charge is -2.12. The van der Waals surface area contributed by atoms with Gasteiger partial charge in [-0.15, -0.1) is 11.8 Å². The van der Waals surface area contributed by atoms with Gasteiger partial charge in [0.1, 0.15) is 11.4 Å². The molecule has 0 aliphatic heterocycles. The number of thioether (sulfide) groups is 1. The van der Waals surface area contributed by atoms with E-state index < -0.39 is 5.91 Å². The van der Waals surface area contributed by atoms with Crippen LogP contribution < -0.4 is 15.4 Å². The Morgan fingerprint density at radius 2 is 1.67 bits per heavy atom. The van der Waals surface area contributed by atoms with E-state index in [2.05, 4.69) is 10.6 Å². The largest absolute Gasteiger partial charge is 0.497 e. The van der Waals surface area contributed by atoms with Crippen LogP contribution in [0.15, 0.2) is 89.5 Å². The van der Waals surface area contributed by atoms with Crippen molar-refractivity contribution in [3.05, 3.63) is 95.7 Å². The van der Waals surface area contributed by atoms with Crippen LogP contribution in [0.1, 0.15) is 15.9 Å². The first-order valence-corrected chi connectivity index (χ1v) is 10.5.